The lowest BCUT2D eigenvalue weighted by Crippen LogP contribution is -2.38. The van der Waals surface area contributed by atoms with Crippen LogP contribution in [0.5, 0.6) is 0 Å². The molecule has 0 radical (unpaired) electrons. The molecule has 1 aliphatic heterocycles. The van der Waals surface area contributed by atoms with Crippen LogP contribution in [0.15, 0.2) is 71.1 Å². The van der Waals surface area contributed by atoms with Gasteiger partial charge in [-0.2, -0.15) is 0 Å². The van der Waals surface area contributed by atoms with E-state index in [1.165, 1.54) is 46.1 Å². The lowest BCUT2D eigenvalue weighted by molar-refractivity contribution is 0.104. The fourth-order valence-corrected chi connectivity index (χ4v) is 5.69. The van der Waals surface area contributed by atoms with Crippen LogP contribution in [0.2, 0.25) is 0 Å². The van der Waals surface area contributed by atoms with Crippen LogP contribution >= 0.6 is 11.3 Å². The van der Waals surface area contributed by atoms with Crippen LogP contribution in [0, 0.1) is 12.7 Å². The van der Waals surface area contributed by atoms with Gasteiger partial charge >= 0.3 is 0 Å². The largest absolute Gasteiger partial charge is 0.386 e. The van der Waals surface area contributed by atoms with Gasteiger partial charge in [-0.1, -0.05) is 42.0 Å². The predicted molar refractivity (Wildman–Crippen MR) is 116 cm³/mol. The van der Waals surface area contributed by atoms with Gasteiger partial charge in [0.05, 0.1) is 12.2 Å². The van der Waals surface area contributed by atoms with Crippen LogP contribution in [0.3, 0.4) is 0 Å². The molecule has 154 valence electrons. The van der Waals surface area contributed by atoms with Gasteiger partial charge in [-0.15, -0.1) is 11.3 Å². The maximum Gasteiger partial charge on any atom is 0.270 e. The average Bonchev–Trinajstić information content (AvgIpc) is 3.20. The Labute approximate surface area is 178 Å². The second-order valence-electron chi connectivity index (χ2n) is 6.98. The first-order valence-corrected chi connectivity index (χ1v) is 11.6. The van der Waals surface area contributed by atoms with Crippen molar-refractivity contribution in [2.24, 2.45) is 0 Å². The smallest absolute Gasteiger partial charge is 0.270 e. The minimum Gasteiger partial charge on any atom is -0.386 e. The van der Waals surface area contributed by atoms with E-state index in [9.17, 15) is 17.6 Å². The summed E-state index contributed by atoms with van der Waals surface area (Å²) < 4.78 is 41.0. The second-order valence-corrected chi connectivity index (χ2v) is 9.72. The van der Waals surface area contributed by atoms with Crippen molar-refractivity contribution >= 4 is 32.8 Å². The third-order valence-electron chi connectivity index (χ3n) is 4.81. The number of ketones is 1. The molecule has 5 nitrogen and oxygen atoms in total. The van der Waals surface area contributed by atoms with E-state index in [-0.39, 0.29) is 11.4 Å². The average molecular weight is 443 g/mol. The SMILES string of the molecule is Cc1ccc(CN/C=C2/C(=O)c3sccc3N(Cc3ccc(F)cc3)S2(=O)=O)cc1. The molecule has 0 aliphatic carbocycles. The third kappa shape index (κ3) is 3.88. The van der Waals surface area contributed by atoms with E-state index in [0.29, 0.717) is 22.7 Å². The number of carbonyl (C=O) groups excluding carboxylic acids is 1. The number of nitrogens with one attached hydrogen (secondary N) is 1. The van der Waals surface area contributed by atoms with Gasteiger partial charge in [-0.3, -0.25) is 9.10 Å². The molecular weight excluding hydrogens is 423 g/mol. The van der Waals surface area contributed by atoms with Crippen molar-refractivity contribution in [3.05, 3.63) is 98.5 Å². The highest BCUT2D eigenvalue weighted by Gasteiger charge is 2.41. The van der Waals surface area contributed by atoms with E-state index in [2.05, 4.69) is 5.32 Å². The molecule has 0 spiro atoms. The van der Waals surface area contributed by atoms with E-state index < -0.39 is 21.6 Å². The summed E-state index contributed by atoms with van der Waals surface area (Å²) in [7, 11) is -4.07. The Balaban J connectivity index is 1.65. The van der Waals surface area contributed by atoms with Gasteiger partial charge in [0.15, 0.2) is 4.91 Å². The molecule has 0 atom stereocenters. The highest BCUT2D eigenvalue weighted by Crippen LogP contribution is 2.39. The van der Waals surface area contributed by atoms with Gasteiger partial charge in [0.1, 0.15) is 10.7 Å². The normalized spacial score (nSPS) is 16.5. The molecule has 0 bridgehead atoms. The monoisotopic (exact) mass is 442 g/mol. The minimum atomic E-state index is -4.07. The summed E-state index contributed by atoms with van der Waals surface area (Å²) >= 11 is 1.20. The lowest BCUT2D eigenvalue weighted by atomic mass is 10.1. The number of hydrogen-bond donors (Lipinski definition) is 1. The fourth-order valence-electron chi connectivity index (χ4n) is 3.18. The number of anilines is 1. The molecule has 0 fully saturated rings. The van der Waals surface area contributed by atoms with Crippen LogP contribution in [-0.4, -0.2) is 14.2 Å². The molecule has 1 aliphatic rings. The fraction of sp³-hybridized carbons (Fsp3) is 0.136. The maximum atomic E-state index is 13.3. The summed E-state index contributed by atoms with van der Waals surface area (Å²) in [5, 5.41) is 4.65. The third-order valence-corrected chi connectivity index (χ3v) is 7.48. The number of benzene rings is 2. The standard InChI is InChI=1S/C22H19FN2O3S2/c1-15-2-4-16(5-3-15)12-24-13-20-21(26)22-19(10-11-29-22)25(30(20,27)28)14-17-6-8-18(23)9-7-17/h2-11,13,24H,12,14H2,1H3/b20-13-. The van der Waals surface area contributed by atoms with Gasteiger partial charge in [0.2, 0.25) is 5.78 Å². The van der Waals surface area contributed by atoms with Gasteiger partial charge in [-0.05, 0) is 41.6 Å². The van der Waals surface area contributed by atoms with E-state index in [1.54, 1.807) is 11.4 Å². The van der Waals surface area contributed by atoms with E-state index in [1.807, 2.05) is 31.2 Å². The molecular formula is C22H19FN2O3S2. The Morgan fingerprint density at radius 2 is 1.70 bits per heavy atom. The van der Waals surface area contributed by atoms with Gasteiger partial charge < -0.3 is 5.32 Å². The number of rotatable bonds is 5. The molecule has 4 rings (SSSR count). The number of fused-ring (bicyclic) bond motifs is 1. The summed E-state index contributed by atoms with van der Waals surface area (Å²) in [5.41, 5.74) is 3.07. The molecule has 0 saturated heterocycles. The first kappa shape index (κ1) is 20.3. The van der Waals surface area contributed by atoms with Crippen LogP contribution in [-0.2, 0) is 23.1 Å². The van der Waals surface area contributed by atoms with Crippen molar-refractivity contribution in [2.75, 3.05) is 4.31 Å². The molecule has 0 unspecified atom stereocenters. The van der Waals surface area contributed by atoms with Crippen LogP contribution in [0.4, 0.5) is 10.1 Å². The number of carbonyl (C=O) groups is 1. The van der Waals surface area contributed by atoms with Crippen LogP contribution in [0.1, 0.15) is 26.4 Å². The molecule has 1 N–H and O–H groups in total. The van der Waals surface area contributed by atoms with Crippen molar-refractivity contribution < 1.29 is 17.6 Å². The Bertz CT molecular complexity index is 1210. The van der Waals surface area contributed by atoms with Crippen molar-refractivity contribution in [1.29, 1.82) is 0 Å². The second kappa shape index (κ2) is 8.04. The van der Waals surface area contributed by atoms with Crippen LogP contribution < -0.4 is 9.62 Å². The number of hydrogen-bond acceptors (Lipinski definition) is 5. The summed E-state index contributed by atoms with van der Waals surface area (Å²) in [5.74, 6) is -0.917. The Morgan fingerprint density at radius 1 is 1.03 bits per heavy atom. The molecule has 3 aromatic rings. The molecule has 1 aromatic heterocycles. The summed E-state index contributed by atoms with van der Waals surface area (Å²) in [6.07, 6.45) is 1.28. The summed E-state index contributed by atoms with van der Waals surface area (Å²) in [6.45, 7) is 2.39. The number of thiophene rings is 1. The number of Topliss-reactive ketones (excluding diaryl/α,β-unsaturated/α-hetero) is 1. The van der Waals surface area contributed by atoms with Gasteiger partial charge in [-0.25, -0.2) is 12.8 Å². The first-order valence-electron chi connectivity index (χ1n) is 9.25. The Kier molecular flexibility index (Phi) is 5.44. The zero-order chi connectivity index (χ0) is 21.3. The van der Waals surface area contributed by atoms with E-state index in [0.717, 1.165) is 11.1 Å². The topological polar surface area (TPSA) is 66.5 Å². The van der Waals surface area contributed by atoms with E-state index >= 15 is 0 Å². The number of sulfonamides is 1. The summed E-state index contributed by atoms with van der Waals surface area (Å²) in [6, 6.07) is 15.1. The Hall–Kier alpha value is -2.97. The zero-order valence-electron chi connectivity index (χ0n) is 16.1. The van der Waals surface area contributed by atoms with Crippen molar-refractivity contribution in [3.63, 3.8) is 0 Å². The molecule has 8 heteroatoms. The highest BCUT2D eigenvalue weighted by atomic mass is 32.2. The minimum absolute atomic E-state index is 0.00886. The molecule has 0 saturated carbocycles. The quantitative estimate of drug-likeness (QED) is 0.597. The van der Waals surface area contributed by atoms with Gasteiger partial charge in [0, 0.05) is 12.7 Å². The van der Waals surface area contributed by atoms with Gasteiger partial charge in [0.25, 0.3) is 10.0 Å². The van der Waals surface area contributed by atoms with Crippen molar-refractivity contribution in [3.8, 4) is 0 Å². The van der Waals surface area contributed by atoms with E-state index in [4.69, 9.17) is 0 Å². The summed E-state index contributed by atoms with van der Waals surface area (Å²) in [4.78, 5) is 12.9. The van der Waals surface area contributed by atoms with Crippen molar-refractivity contribution in [2.45, 2.75) is 20.0 Å². The molecule has 2 aromatic carbocycles. The number of nitrogens with zero attached hydrogens (tertiary/aromatic N) is 1. The highest BCUT2D eigenvalue weighted by molar-refractivity contribution is 7.97. The predicted octanol–water partition coefficient (Wildman–Crippen LogP) is 4.36. The molecule has 0 amide bonds. The van der Waals surface area contributed by atoms with Crippen molar-refractivity contribution in [1.82, 2.24) is 5.32 Å². The first-order chi connectivity index (χ1) is 14.4. The zero-order valence-corrected chi connectivity index (χ0v) is 17.8. The van der Waals surface area contributed by atoms with Crippen LogP contribution in [0.25, 0.3) is 0 Å². The number of aryl methyl sites for hydroxylation is 1. The maximum absolute atomic E-state index is 13.3. The Morgan fingerprint density at radius 3 is 2.40 bits per heavy atom. The number of allylic oxidation sites excluding steroid dienone is 1. The molecule has 30 heavy (non-hydrogen) atoms. The lowest BCUT2D eigenvalue weighted by Gasteiger charge is -2.29. The molecule has 2 heterocycles. The number of halogens is 1.